The Hall–Kier alpha value is -0.490. The molecule has 1 aromatic rings. The molecule has 0 atom stereocenters. The standard InChI is InChI=1S/C12H19BrN4S/c1-3-14-11-10(13)12(16-8-15-11)17-6-4-9(18-2)5-7-17/h8-9H,3-7H2,1-2H3,(H,14,15,16). The largest absolute Gasteiger partial charge is 0.369 e. The molecule has 18 heavy (non-hydrogen) atoms. The summed E-state index contributed by atoms with van der Waals surface area (Å²) >= 11 is 5.59. The molecule has 0 bridgehead atoms. The third kappa shape index (κ3) is 3.09. The Kier molecular flexibility index (Phi) is 5.12. The number of anilines is 2. The zero-order chi connectivity index (χ0) is 13.0. The van der Waals surface area contributed by atoms with Gasteiger partial charge in [-0.2, -0.15) is 11.8 Å². The highest BCUT2D eigenvalue weighted by Crippen LogP contribution is 2.32. The molecule has 0 spiro atoms. The molecule has 4 nitrogen and oxygen atoms in total. The number of piperidine rings is 1. The van der Waals surface area contributed by atoms with Crippen molar-refractivity contribution in [2.24, 2.45) is 0 Å². The molecule has 0 aromatic carbocycles. The van der Waals surface area contributed by atoms with E-state index in [0.717, 1.165) is 41.0 Å². The highest BCUT2D eigenvalue weighted by atomic mass is 79.9. The van der Waals surface area contributed by atoms with Gasteiger partial charge in [0.25, 0.3) is 0 Å². The molecule has 100 valence electrons. The van der Waals surface area contributed by atoms with Gasteiger partial charge in [0.2, 0.25) is 0 Å². The maximum atomic E-state index is 4.42. The summed E-state index contributed by atoms with van der Waals surface area (Å²) in [5.74, 6) is 1.90. The number of thioether (sulfide) groups is 1. The van der Waals surface area contributed by atoms with Crippen LogP contribution in [0.4, 0.5) is 11.6 Å². The molecule has 1 aliphatic heterocycles. The van der Waals surface area contributed by atoms with Gasteiger partial charge in [0.1, 0.15) is 22.4 Å². The van der Waals surface area contributed by atoms with Crippen molar-refractivity contribution in [2.75, 3.05) is 36.1 Å². The summed E-state index contributed by atoms with van der Waals surface area (Å²) in [6.45, 7) is 5.08. The first-order valence-corrected chi connectivity index (χ1v) is 8.36. The van der Waals surface area contributed by atoms with Crippen LogP contribution in [0.25, 0.3) is 0 Å². The van der Waals surface area contributed by atoms with Gasteiger partial charge in [0.15, 0.2) is 0 Å². The van der Waals surface area contributed by atoms with Gasteiger partial charge >= 0.3 is 0 Å². The van der Waals surface area contributed by atoms with E-state index in [1.807, 2.05) is 11.8 Å². The highest BCUT2D eigenvalue weighted by molar-refractivity contribution is 9.10. The predicted octanol–water partition coefficient (Wildman–Crippen LogP) is 3.00. The highest BCUT2D eigenvalue weighted by Gasteiger charge is 2.22. The van der Waals surface area contributed by atoms with E-state index in [4.69, 9.17) is 0 Å². The summed E-state index contributed by atoms with van der Waals surface area (Å²) in [7, 11) is 0. The Morgan fingerprint density at radius 2 is 2.17 bits per heavy atom. The lowest BCUT2D eigenvalue weighted by molar-refractivity contribution is 0.586. The average Bonchev–Trinajstić information content (AvgIpc) is 2.42. The molecule has 2 heterocycles. The summed E-state index contributed by atoms with van der Waals surface area (Å²) in [4.78, 5) is 11.0. The smallest absolute Gasteiger partial charge is 0.148 e. The maximum absolute atomic E-state index is 4.42. The van der Waals surface area contributed by atoms with E-state index in [-0.39, 0.29) is 0 Å². The van der Waals surface area contributed by atoms with Gasteiger partial charge in [-0.25, -0.2) is 9.97 Å². The molecule has 0 amide bonds. The van der Waals surface area contributed by atoms with Crippen molar-refractivity contribution in [3.8, 4) is 0 Å². The van der Waals surface area contributed by atoms with E-state index in [1.54, 1.807) is 6.33 Å². The van der Waals surface area contributed by atoms with Gasteiger partial charge < -0.3 is 10.2 Å². The van der Waals surface area contributed by atoms with Gasteiger partial charge in [0, 0.05) is 24.9 Å². The predicted molar refractivity (Wildman–Crippen MR) is 82.6 cm³/mol. The van der Waals surface area contributed by atoms with Gasteiger partial charge in [0.05, 0.1) is 0 Å². The molecule has 0 unspecified atom stereocenters. The second-order valence-corrected chi connectivity index (χ2v) is 6.24. The Morgan fingerprint density at radius 3 is 2.78 bits per heavy atom. The lowest BCUT2D eigenvalue weighted by atomic mass is 10.1. The number of hydrogen-bond acceptors (Lipinski definition) is 5. The molecule has 1 aromatic heterocycles. The monoisotopic (exact) mass is 330 g/mol. The van der Waals surface area contributed by atoms with Crippen LogP contribution in [-0.2, 0) is 0 Å². The van der Waals surface area contributed by atoms with Crippen molar-refractivity contribution in [3.05, 3.63) is 10.8 Å². The number of nitrogens with zero attached hydrogens (tertiary/aromatic N) is 3. The minimum absolute atomic E-state index is 0.801. The van der Waals surface area contributed by atoms with E-state index in [2.05, 4.69) is 49.3 Å². The first-order chi connectivity index (χ1) is 8.76. The first-order valence-electron chi connectivity index (χ1n) is 6.28. The van der Waals surface area contributed by atoms with Crippen molar-refractivity contribution in [1.29, 1.82) is 0 Å². The summed E-state index contributed by atoms with van der Waals surface area (Å²) in [5.41, 5.74) is 0. The van der Waals surface area contributed by atoms with Crippen molar-refractivity contribution in [1.82, 2.24) is 9.97 Å². The maximum Gasteiger partial charge on any atom is 0.148 e. The van der Waals surface area contributed by atoms with Crippen LogP contribution in [0.2, 0.25) is 0 Å². The molecule has 1 fully saturated rings. The van der Waals surface area contributed by atoms with Crippen LogP contribution in [-0.4, -0.2) is 41.1 Å². The summed E-state index contributed by atoms with van der Waals surface area (Å²) in [6.07, 6.45) is 6.30. The molecule has 0 saturated carbocycles. The van der Waals surface area contributed by atoms with E-state index in [9.17, 15) is 0 Å². The average molecular weight is 331 g/mol. The Morgan fingerprint density at radius 1 is 1.44 bits per heavy atom. The van der Waals surface area contributed by atoms with Gasteiger partial charge in [-0.05, 0) is 42.0 Å². The van der Waals surface area contributed by atoms with Gasteiger partial charge in [-0.3, -0.25) is 0 Å². The third-order valence-corrected chi connectivity index (χ3v) is 5.06. The van der Waals surface area contributed by atoms with Crippen LogP contribution >= 0.6 is 27.7 Å². The minimum Gasteiger partial charge on any atom is -0.369 e. The van der Waals surface area contributed by atoms with Crippen molar-refractivity contribution < 1.29 is 0 Å². The van der Waals surface area contributed by atoms with Crippen LogP contribution in [0.15, 0.2) is 10.8 Å². The van der Waals surface area contributed by atoms with E-state index >= 15 is 0 Å². The lowest BCUT2D eigenvalue weighted by Gasteiger charge is -2.32. The normalized spacial score (nSPS) is 16.9. The molecule has 2 rings (SSSR count). The zero-order valence-electron chi connectivity index (χ0n) is 10.8. The fourth-order valence-electron chi connectivity index (χ4n) is 2.17. The molecule has 0 aliphatic carbocycles. The number of nitrogens with one attached hydrogen (secondary N) is 1. The molecule has 1 N–H and O–H groups in total. The van der Waals surface area contributed by atoms with E-state index in [0.29, 0.717) is 0 Å². The Labute approximate surface area is 121 Å². The molecule has 0 radical (unpaired) electrons. The quantitative estimate of drug-likeness (QED) is 0.919. The SMILES string of the molecule is CCNc1ncnc(N2CCC(SC)CC2)c1Br. The summed E-state index contributed by atoms with van der Waals surface area (Å²) in [5, 5.41) is 4.05. The number of rotatable bonds is 4. The third-order valence-electron chi connectivity index (χ3n) is 3.19. The Bertz CT molecular complexity index is 394. The van der Waals surface area contributed by atoms with Crippen LogP contribution in [0.3, 0.4) is 0 Å². The van der Waals surface area contributed by atoms with Crippen LogP contribution in [0.1, 0.15) is 19.8 Å². The van der Waals surface area contributed by atoms with Gasteiger partial charge in [-0.15, -0.1) is 0 Å². The Balaban J connectivity index is 2.11. The molecule has 1 aliphatic rings. The number of halogens is 1. The second-order valence-electron chi connectivity index (χ2n) is 4.31. The van der Waals surface area contributed by atoms with E-state index in [1.165, 1.54) is 12.8 Å². The molecule has 6 heteroatoms. The first kappa shape index (κ1) is 13.9. The second kappa shape index (κ2) is 6.61. The summed E-state index contributed by atoms with van der Waals surface area (Å²) in [6, 6.07) is 0. The van der Waals surface area contributed by atoms with Gasteiger partial charge in [-0.1, -0.05) is 0 Å². The van der Waals surface area contributed by atoms with Crippen molar-refractivity contribution in [2.45, 2.75) is 25.0 Å². The van der Waals surface area contributed by atoms with Crippen LogP contribution in [0, 0.1) is 0 Å². The molecular weight excluding hydrogens is 312 g/mol. The minimum atomic E-state index is 0.801. The van der Waals surface area contributed by atoms with Crippen molar-refractivity contribution >= 4 is 39.3 Å². The van der Waals surface area contributed by atoms with Crippen LogP contribution in [0.5, 0.6) is 0 Å². The fourth-order valence-corrected chi connectivity index (χ4v) is 3.45. The van der Waals surface area contributed by atoms with E-state index < -0.39 is 0 Å². The topological polar surface area (TPSA) is 41.1 Å². The fraction of sp³-hybridized carbons (Fsp3) is 0.667. The number of aromatic nitrogens is 2. The zero-order valence-corrected chi connectivity index (χ0v) is 13.2. The van der Waals surface area contributed by atoms with Crippen LogP contribution < -0.4 is 10.2 Å². The number of hydrogen-bond donors (Lipinski definition) is 1. The summed E-state index contributed by atoms with van der Waals surface area (Å²) < 4.78 is 0.981. The molecule has 1 saturated heterocycles. The molecular formula is C12H19BrN4S. The lowest BCUT2D eigenvalue weighted by Crippen LogP contribution is -2.35. The van der Waals surface area contributed by atoms with Crippen molar-refractivity contribution in [3.63, 3.8) is 0 Å².